The van der Waals surface area contributed by atoms with Crippen LogP contribution >= 0.6 is 23.2 Å². The number of hydrogen-bond acceptors (Lipinski definition) is 4. The van der Waals surface area contributed by atoms with Gasteiger partial charge < -0.3 is 20.4 Å². The third-order valence-corrected chi connectivity index (χ3v) is 8.06. The first-order valence-corrected chi connectivity index (χ1v) is 14.2. The van der Waals surface area contributed by atoms with Crippen LogP contribution in [0.25, 0.3) is 0 Å². The average molecular weight is 548 g/mol. The number of hydrogen-bond donors (Lipinski definition) is 2. The fourth-order valence-electron chi connectivity index (χ4n) is 4.90. The lowest BCUT2D eigenvalue weighted by Gasteiger charge is -2.29. The molecule has 3 rings (SSSR count). The van der Waals surface area contributed by atoms with Gasteiger partial charge in [-0.3, -0.25) is 9.59 Å². The molecule has 1 saturated heterocycles. The molecule has 2 aromatic rings. The van der Waals surface area contributed by atoms with E-state index < -0.39 is 0 Å². The molecule has 0 aromatic heterocycles. The van der Waals surface area contributed by atoms with Gasteiger partial charge in [0.1, 0.15) is 0 Å². The summed E-state index contributed by atoms with van der Waals surface area (Å²) in [4.78, 5) is 30.8. The largest absolute Gasteiger partial charge is 0.350 e. The van der Waals surface area contributed by atoms with E-state index in [4.69, 9.17) is 23.2 Å². The summed E-state index contributed by atoms with van der Waals surface area (Å²) >= 11 is 12.1. The summed E-state index contributed by atoms with van der Waals surface area (Å²) in [5, 5.41) is 7.36. The highest BCUT2D eigenvalue weighted by Gasteiger charge is 2.32. The predicted octanol–water partition coefficient (Wildman–Crippen LogP) is 5.21. The Hall–Kier alpha value is -2.12. The third kappa shape index (κ3) is 8.44. The molecular formula is C29H40Cl2N4O2. The summed E-state index contributed by atoms with van der Waals surface area (Å²) in [6, 6.07) is 15.0. The monoisotopic (exact) mass is 546 g/mol. The van der Waals surface area contributed by atoms with Gasteiger partial charge in [-0.1, -0.05) is 74.3 Å². The summed E-state index contributed by atoms with van der Waals surface area (Å²) < 4.78 is 0. The van der Waals surface area contributed by atoms with Crippen molar-refractivity contribution in [1.29, 1.82) is 0 Å². The molecule has 1 heterocycles. The van der Waals surface area contributed by atoms with Crippen LogP contribution in [0.3, 0.4) is 0 Å². The van der Waals surface area contributed by atoms with Crippen LogP contribution in [0.4, 0.5) is 0 Å². The van der Waals surface area contributed by atoms with Crippen molar-refractivity contribution in [3.8, 4) is 0 Å². The zero-order valence-corrected chi connectivity index (χ0v) is 23.7. The van der Waals surface area contributed by atoms with Crippen LogP contribution in [0.1, 0.15) is 61.9 Å². The number of amides is 2. The SMILES string of the molecule is CCC(CN1CC[C@@H](CNC(=O)c2ccc(Cl)c(Cl)c2)N[C@@H](CCN(CC)CC)C1=O)c1ccccc1. The van der Waals surface area contributed by atoms with Gasteiger partial charge in [-0.05, 0) is 56.1 Å². The van der Waals surface area contributed by atoms with Crippen LogP contribution in [0.15, 0.2) is 48.5 Å². The van der Waals surface area contributed by atoms with Gasteiger partial charge in [-0.25, -0.2) is 0 Å². The van der Waals surface area contributed by atoms with Crippen LogP contribution in [0.2, 0.25) is 10.0 Å². The van der Waals surface area contributed by atoms with E-state index in [0.717, 1.165) is 38.9 Å². The van der Waals surface area contributed by atoms with Crippen molar-refractivity contribution in [2.45, 2.75) is 58.0 Å². The molecule has 0 bridgehead atoms. The first-order valence-electron chi connectivity index (χ1n) is 13.4. The lowest BCUT2D eigenvalue weighted by molar-refractivity contribution is -0.133. The second-order valence-electron chi connectivity index (χ2n) is 9.66. The molecule has 2 N–H and O–H groups in total. The van der Waals surface area contributed by atoms with Crippen LogP contribution in [0, 0.1) is 0 Å². The molecule has 0 radical (unpaired) electrons. The van der Waals surface area contributed by atoms with Crippen molar-refractivity contribution in [2.24, 2.45) is 0 Å². The summed E-state index contributed by atoms with van der Waals surface area (Å²) in [6.07, 6.45) is 2.46. The molecule has 3 atom stereocenters. The average Bonchev–Trinajstić information content (AvgIpc) is 3.06. The Kier molecular flexibility index (Phi) is 11.7. The minimum atomic E-state index is -0.289. The van der Waals surface area contributed by atoms with Crippen molar-refractivity contribution < 1.29 is 9.59 Å². The van der Waals surface area contributed by atoms with Crippen LogP contribution in [-0.4, -0.2) is 73.0 Å². The van der Waals surface area contributed by atoms with Gasteiger partial charge in [0.2, 0.25) is 5.91 Å². The molecule has 1 aliphatic heterocycles. The fraction of sp³-hybridized carbons (Fsp3) is 0.517. The lowest BCUT2D eigenvalue weighted by atomic mass is 9.95. The maximum absolute atomic E-state index is 13.7. The molecule has 0 aliphatic carbocycles. The highest BCUT2D eigenvalue weighted by molar-refractivity contribution is 6.42. The normalized spacial score (nSPS) is 19.1. The summed E-state index contributed by atoms with van der Waals surface area (Å²) in [7, 11) is 0. The quantitative estimate of drug-likeness (QED) is 0.383. The smallest absolute Gasteiger partial charge is 0.251 e. The Balaban J connectivity index is 1.70. The zero-order chi connectivity index (χ0) is 26.8. The van der Waals surface area contributed by atoms with E-state index in [1.807, 2.05) is 11.0 Å². The van der Waals surface area contributed by atoms with Gasteiger partial charge in [0.25, 0.3) is 5.91 Å². The third-order valence-electron chi connectivity index (χ3n) is 7.32. The van der Waals surface area contributed by atoms with Crippen LogP contribution in [-0.2, 0) is 4.79 Å². The van der Waals surface area contributed by atoms with Gasteiger partial charge in [0, 0.05) is 43.7 Å². The number of nitrogens with zero attached hydrogens (tertiary/aromatic N) is 2. The molecule has 8 heteroatoms. The van der Waals surface area contributed by atoms with Crippen molar-refractivity contribution in [2.75, 3.05) is 39.3 Å². The molecule has 0 spiro atoms. The number of rotatable bonds is 12. The van der Waals surface area contributed by atoms with E-state index in [0.29, 0.717) is 41.2 Å². The Morgan fingerprint density at radius 3 is 2.49 bits per heavy atom. The second-order valence-corrected chi connectivity index (χ2v) is 10.5. The Morgan fingerprint density at radius 2 is 1.84 bits per heavy atom. The van der Waals surface area contributed by atoms with Crippen LogP contribution < -0.4 is 10.6 Å². The van der Waals surface area contributed by atoms with Crippen molar-refractivity contribution in [3.63, 3.8) is 0 Å². The first-order chi connectivity index (χ1) is 17.9. The van der Waals surface area contributed by atoms with E-state index >= 15 is 0 Å². The molecular weight excluding hydrogens is 507 g/mol. The van der Waals surface area contributed by atoms with E-state index in [1.165, 1.54) is 5.56 Å². The predicted molar refractivity (Wildman–Crippen MR) is 153 cm³/mol. The Bertz CT molecular complexity index is 1020. The highest BCUT2D eigenvalue weighted by atomic mass is 35.5. The van der Waals surface area contributed by atoms with Gasteiger partial charge in [0.15, 0.2) is 0 Å². The topological polar surface area (TPSA) is 64.7 Å². The van der Waals surface area contributed by atoms with E-state index in [2.05, 4.69) is 60.6 Å². The maximum atomic E-state index is 13.7. The molecule has 1 fully saturated rings. The van der Waals surface area contributed by atoms with E-state index in [9.17, 15) is 9.59 Å². The lowest BCUT2D eigenvalue weighted by Crippen LogP contribution is -2.50. The standard InChI is InChI=1S/C29H40Cl2N4O2/c1-4-21(22-10-8-7-9-11-22)20-35-17-14-24(33-27(29(35)37)15-16-34(5-2)6-3)19-32-28(36)23-12-13-25(30)26(31)18-23/h7-13,18,21,24,27,33H,4-6,14-17,19-20H2,1-3H3,(H,32,36)/t21?,24-,27-/m0/s1. The van der Waals surface area contributed by atoms with Crippen molar-refractivity contribution >= 4 is 35.0 Å². The zero-order valence-electron chi connectivity index (χ0n) is 22.2. The van der Waals surface area contributed by atoms with Crippen molar-refractivity contribution in [1.82, 2.24) is 20.4 Å². The molecule has 2 amide bonds. The first kappa shape index (κ1) is 29.4. The van der Waals surface area contributed by atoms with Gasteiger partial charge in [-0.15, -0.1) is 0 Å². The maximum Gasteiger partial charge on any atom is 0.251 e. The molecule has 1 aliphatic rings. The number of carbonyl (C=O) groups excluding carboxylic acids is 2. The van der Waals surface area contributed by atoms with E-state index in [1.54, 1.807) is 18.2 Å². The number of benzene rings is 2. The van der Waals surface area contributed by atoms with Gasteiger partial charge >= 0.3 is 0 Å². The molecule has 0 saturated carbocycles. The molecule has 1 unspecified atom stereocenters. The number of halogens is 2. The number of carbonyl (C=O) groups is 2. The molecule has 37 heavy (non-hydrogen) atoms. The van der Waals surface area contributed by atoms with Gasteiger partial charge in [0.05, 0.1) is 16.1 Å². The summed E-state index contributed by atoms with van der Waals surface area (Å²) in [5.74, 6) is 0.238. The Morgan fingerprint density at radius 1 is 1.11 bits per heavy atom. The molecule has 202 valence electrons. The van der Waals surface area contributed by atoms with Gasteiger partial charge in [-0.2, -0.15) is 0 Å². The van der Waals surface area contributed by atoms with Crippen molar-refractivity contribution in [3.05, 3.63) is 69.7 Å². The Labute approximate surface area is 231 Å². The van der Waals surface area contributed by atoms with Crippen LogP contribution in [0.5, 0.6) is 0 Å². The fourth-order valence-corrected chi connectivity index (χ4v) is 5.20. The minimum absolute atomic E-state index is 0.0147. The highest BCUT2D eigenvalue weighted by Crippen LogP contribution is 2.24. The molecule has 2 aromatic carbocycles. The summed E-state index contributed by atoms with van der Waals surface area (Å²) in [6.45, 7) is 11.0. The number of nitrogens with one attached hydrogen (secondary N) is 2. The van der Waals surface area contributed by atoms with E-state index in [-0.39, 0.29) is 23.9 Å². The molecule has 6 nitrogen and oxygen atoms in total. The minimum Gasteiger partial charge on any atom is -0.350 e. The summed E-state index contributed by atoms with van der Waals surface area (Å²) in [5.41, 5.74) is 1.73. The second kappa shape index (κ2) is 14.7.